The van der Waals surface area contributed by atoms with Gasteiger partial charge in [-0.15, -0.1) is 10.2 Å². The Labute approximate surface area is 110 Å². The van der Waals surface area contributed by atoms with E-state index in [1.807, 2.05) is 0 Å². The fourth-order valence-electron chi connectivity index (χ4n) is 2.22. The summed E-state index contributed by atoms with van der Waals surface area (Å²) in [6, 6.07) is 0.812. The fraction of sp³-hybridized carbons (Fsp3) is 0.727. The number of carbonyl (C=O) groups excluding carboxylic acids is 1. The lowest BCUT2D eigenvalue weighted by atomic mass is 10.2. The highest BCUT2D eigenvalue weighted by Crippen LogP contribution is 2.38. The molecule has 7 heteroatoms. The third kappa shape index (κ3) is 2.37. The van der Waals surface area contributed by atoms with Crippen LogP contribution in [-0.4, -0.2) is 32.5 Å². The molecule has 1 atom stereocenters. The van der Waals surface area contributed by atoms with Crippen molar-refractivity contribution in [2.24, 2.45) is 5.73 Å². The Morgan fingerprint density at radius 2 is 2.22 bits per heavy atom. The maximum absolute atomic E-state index is 11.1. The second kappa shape index (κ2) is 4.89. The van der Waals surface area contributed by atoms with Crippen LogP contribution in [0, 0.1) is 0 Å². The topological polar surface area (TPSA) is 85.8 Å². The third-order valence-corrected chi connectivity index (χ3v) is 4.43. The van der Waals surface area contributed by atoms with Crippen molar-refractivity contribution in [2.75, 3.05) is 5.75 Å². The lowest BCUT2D eigenvalue weighted by molar-refractivity contribution is -0.119. The highest BCUT2D eigenvalue weighted by atomic mass is 32.2. The summed E-state index contributed by atoms with van der Waals surface area (Å²) >= 11 is 1.67. The number of nitrogens with zero attached hydrogens (tertiary/aromatic N) is 3. The monoisotopic (exact) mass is 267 g/mol. The first-order chi connectivity index (χ1) is 8.78. The van der Waals surface area contributed by atoms with Crippen molar-refractivity contribution >= 4 is 17.7 Å². The molecule has 0 aromatic carbocycles. The van der Waals surface area contributed by atoms with E-state index in [0.29, 0.717) is 19.0 Å². The average Bonchev–Trinajstić information content (AvgIpc) is 2.99. The molecule has 3 N–H and O–H groups in total. The van der Waals surface area contributed by atoms with Gasteiger partial charge in [0, 0.05) is 24.3 Å². The van der Waals surface area contributed by atoms with Crippen LogP contribution in [0.1, 0.15) is 37.5 Å². The second-order valence-electron chi connectivity index (χ2n) is 4.82. The van der Waals surface area contributed by atoms with E-state index in [1.54, 1.807) is 11.8 Å². The van der Waals surface area contributed by atoms with Gasteiger partial charge in [0.05, 0.1) is 6.54 Å². The Hall–Kier alpha value is -1.08. The summed E-state index contributed by atoms with van der Waals surface area (Å²) < 4.78 is 2.17. The molecular formula is C11H17N5OS. The normalized spacial score (nSPS) is 23.4. The number of amides is 1. The fourth-order valence-corrected chi connectivity index (χ4v) is 3.31. The van der Waals surface area contributed by atoms with Crippen molar-refractivity contribution in [2.45, 2.75) is 49.5 Å². The van der Waals surface area contributed by atoms with E-state index >= 15 is 0 Å². The predicted octanol–water partition coefficient (Wildman–Crippen LogP) is 0.442. The van der Waals surface area contributed by atoms with Gasteiger partial charge in [0.2, 0.25) is 5.91 Å². The molecule has 6 nitrogen and oxygen atoms in total. The van der Waals surface area contributed by atoms with Crippen LogP contribution >= 0.6 is 11.8 Å². The van der Waals surface area contributed by atoms with E-state index in [1.165, 1.54) is 12.8 Å². The van der Waals surface area contributed by atoms with Gasteiger partial charge < -0.3 is 15.6 Å². The summed E-state index contributed by atoms with van der Waals surface area (Å²) in [6.07, 6.45) is 3.96. The van der Waals surface area contributed by atoms with Gasteiger partial charge in [0.25, 0.3) is 0 Å². The van der Waals surface area contributed by atoms with Crippen LogP contribution in [0.4, 0.5) is 0 Å². The Kier molecular flexibility index (Phi) is 3.25. The van der Waals surface area contributed by atoms with Crippen LogP contribution in [0.5, 0.6) is 0 Å². The molecule has 18 heavy (non-hydrogen) atoms. The van der Waals surface area contributed by atoms with Crippen molar-refractivity contribution in [3.63, 3.8) is 0 Å². The van der Waals surface area contributed by atoms with Gasteiger partial charge in [-0.1, -0.05) is 11.8 Å². The van der Waals surface area contributed by atoms with E-state index < -0.39 is 0 Å². The number of hydrogen-bond acceptors (Lipinski definition) is 5. The minimum atomic E-state index is 0.159. The van der Waals surface area contributed by atoms with Gasteiger partial charge >= 0.3 is 0 Å². The van der Waals surface area contributed by atoms with E-state index in [2.05, 4.69) is 20.1 Å². The van der Waals surface area contributed by atoms with Crippen LogP contribution in [0.2, 0.25) is 0 Å². The summed E-state index contributed by atoms with van der Waals surface area (Å²) in [5.41, 5.74) is 5.68. The minimum Gasteiger partial charge on any atom is -0.353 e. The van der Waals surface area contributed by atoms with Crippen molar-refractivity contribution < 1.29 is 4.79 Å². The molecular weight excluding hydrogens is 250 g/mol. The summed E-state index contributed by atoms with van der Waals surface area (Å²) in [6.45, 7) is 0.435. The molecule has 1 aliphatic heterocycles. The van der Waals surface area contributed by atoms with E-state index in [-0.39, 0.29) is 11.9 Å². The van der Waals surface area contributed by atoms with Gasteiger partial charge in [0.15, 0.2) is 5.16 Å². The Morgan fingerprint density at radius 3 is 2.83 bits per heavy atom. The molecule has 0 radical (unpaired) electrons. The third-order valence-electron chi connectivity index (χ3n) is 3.33. The number of rotatable bonds is 5. The first kappa shape index (κ1) is 12.0. The molecule has 2 aliphatic rings. The zero-order valence-electron chi connectivity index (χ0n) is 10.1. The van der Waals surface area contributed by atoms with Crippen LogP contribution in [0.25, 0.3) is 0 Å². The van der Waals surface area contributed by atoms with Crippen molar-refractivity contribution in [1.82, 2.24) is 20.1 Å². The maximum Gasteiger partial charge on any atom is 0.220 e. The standard InChI is InChI=1S/C11H17N5OS/c12-5-9-14-15-11(16(9)8-2-3-8)18-6-7-1-4-10(17)13-7/h7-8H,1-6,12H2,(H,13,17). The number of nitrogens with two attached hydrogens (primary N) is 1. The largest absolute Gasteiger partial charge is 0.353 e. The maximum atomic E-state index is 11.1. The van der Waals surface area contributed by atoms with Gasteiger partial charge in [-0.05, 0) is 19.3 Å². The second-order valence-corrected chi connectivity index (χ2v) is 5.81. The molecule has 1 amide bonds. The summed E-state index contributed by atoms with van der Waals surface area (Å²) in [4.78, 5) is 11.1. The van der Waals surface area contributed by atoms with Gasteiger partial charge in [-0.25, -0.2) is 0 Å². The molecule has 1 saturated heterocycles. The van der Waals surface area contributed by atoms with Crippen LogP contribution < -0.4 is 11.1 Å². The van der Waals surface area contributed by atoms with E-state index in [9.17, 15) is 4.79 Å². The number of carbonyl (C=O) groups is 1. The Bertz CT molecular complexity index is 456. The lowest BCUT2D eigenvalue weighted by Gasteiger charge is -2.10. The van der Waals surface area contributed by atoms with Crippen molar-refractivity contribution in [3.8, 4) is 0 Å². The number of nitrogens with one attached hydrogen (secondary N) is 1. The van der Waals surface area contributed by atoms with Crippen LogP contribution in [-0.2, 0) is 11.3 Å². The summed E-state index contributed by atoms with van der Waals surface area (Å²) in [5.74, 6) is 1.89. The molecule has 0 spiro atoms. The van der Waals surface area contributed by atoms with Crippen LogP contribution in [0.3, 0.4) is 0 Å². The quantitative estimate of drug-likeness (QED) is 0.756. The molecule has 1 aromatic rings. The zero-order chi connectivity index (χ0) is 12.5. The van der Waals surface area contributed by atoms with Crippen molar-refractivity contribution in [3.05, 3.63) is 5.82 Å². The molecule has 98 valence electrons. The first-order valence-electron chi connectivity index (χ1n) is 6.34. The molecule has 2 heterocycles. The number of aromatic nitrogens is 3. The summed E-state index contributed by atoms with van der Waals surface area (Å²) in [5, 5.41) is 12.3. The lowest BCUT2D eigenvalue weighted by Crippen LogP contribution is -2.27. The van der Waals surface area contributed by atoms with Crippen molar-refractivity contribution in [1.29, 1.82) is 0 Å². The van der Waals surface area contributed by atoms with Crippen LogP contribution in [0.15, 0.2) is 5.16 Å². The minimum absolute atomic E-state index is 0.159. The van der Waals surface area contributed by atoms with Gasteiger partial charge in [-0.3, -0.25) is 4.79 Å². The predicted molar refractivity (Wildman–Crippen MR) is 68.1 cm³/mol. The van der Waals surface area contributed by atoms with E-state index in [4.69, 9.17) is 5.73 Å². The van der Waals surface area contributed by atoms with Gasteiger partial charge in [-0.2, -0.15) is 0 Å². The SMILES string of the molecule is NCc1nnc(SCC2CCC(=O)N2)n1C1CC1. The highest BCUT2D eigenvalue weighted by Gasteiger charge is 2.30. The zero-order valence-corrected chi connectivity index (χ0v) is 10.9. The molecule has 1 saturated carbocycles. The molecule has 3 rings (SSSR count). The molecule has 1 aliphatic carbocycles. The molecule has 2 fully saturated rings. The molecule has 1 aromatic heterocycles. The molecule has 1 unspecified atom stereocenters. The molecule has 0 bridgehead atoms. The highest BCUT2D eigenvalue weighted by molar-refractivity contribution is 7.99. The average molecular weight is 267 g/mol. The van der Waals surface area contributed by atoms with E-state index in [0.717, 1.165) is 23.2 Å². The number of hydrogen-bond donors (Lipinski definition) is 2. The Morgan fingerprint density at radius 1 is 1.39 bits per heavy atom. The summed E-state index contributed by atoms with van der Waals surface area (Å²) in [7, 11) is 0. The first-order valence-corrected chi connectivity index (χ1v) is 7.32. The smallest absolute Gasteiger partial charge is 0.220 e. The Balaban J connectivity index is 1.65. The van der Waals surface area contributed by atoms with Gasteiger partial charge in [0.1, 0.15) is 5.82 Å². The number of thioether (sulfide) groups is 1.